The Bertz CT molecular complexity index is 2590. The number of aryl methyl sites for hydroxylation is 2. The van der Waals surface area contributed by atoms with Gasteiger partial charge in [0.2, 0.25) is 0 Å². The Morgan fingerprint density at radius 3 is 2.11 bits per heavy atom. The van der Waals surface area contributed by atoms with Crippen LogP contribution in [0.15, 0.2) is 131 Å². The van der Waals surface area contributed by atoms with E-state index in [9.17, 15) is 17.9 Å². The number of nitrogens with one attached hydrogen (secondary N) is 2. The van der Waals surface area contributed by atoms with E-state index in [-0.39, 0.29) is 28.7 Å². The van der Waals surface area contributed by atoms with Crippen LogP contribution in [0, 0.1) is 25.5 Å². The number of aliphatic hydroxyl groups excluding tert-OH is 1. The normalized spacial score (nSPS) is 15.7. The molecule has 2 saturated heterocycles. The van der Waals surface area contributed by atoms with Gasteiger partial charge >= 0.3 is 0 Å². The third-order valence-electron chi connectivity index (χ3n) is 12.4. The highest BCUT2D eigenvalue weighted by atomic mass is 32.2. The smallest absolute Gasteiger partial charge is 0.261 e. The van der Waals surface area contributed by atoms with Crippen LogP contribution in [0.5, 0.6) is 0 Å². The summed E-state index contributed by atoms with van der Waals surface area (Å²) >= 11 is 1.81. The zero-order valence-corrected chi connectivity index (χ0v) is 37.7. The third-order valence-corrected chi connectivity index (χ3v) is 14.9. The summed E-state index contributed by atoms with van der Waals surface area (Å²) < 4.78 is 61.4. The molecular formula is C50H56F2N6O3S2. The molecule has 0 amide bonds. The molecule has 0 saturated carbocycles. The number of sulfonamides is 1. The van der Waals surface area contributed by atoms with Gasteiger partial charge in [-0.15, -0.1) is 11.8 Å². The number of piperazine rings is 1. The quantitative estimate of drug-likeness (QED) is 0.0879. The van der Waals surface area contributed by atoms with Gasteiger partial charge in [0.1, 0.15) is 11.6 Å². The largest absolute Gasteiger partial charge is 0.393 e. The van der Waals surface area contributed by atoms with Crippen molar-refractivity contribution in [2.75, 3.05) is 71.4 Å². The third kappa shape index (κ3) is 10.7. The second-order valence-electron chi connectivity index (χ2n) is 16.7. The summed E-state index contributed by atoms with van der Waals surface area (Å²) in [6.07, 6.45) is 2.34. The lowest BCUT2D eigenvalue weighted by molar-refractivity contribution is 0.0817. The van der Waals surface area contributed by atoms with Crippen molar-refractivity contribution in [3.8, 4) is 22.4 Å². The number of thioether (sulfide) groups is 1. The highest BCUT2D eigenvalue weighted by Gasteiger charge is 2.24. The summed E-state index contributed by atoms with van der Waals surface area (Å²) in [5.41, 5.74) is 8.05. The molecule has 6 aromatic rings. The number of hydrogen-bond acceptors (Lipinski definition) is 8. The average Bonchev–Trinajstić information content (AvgIpc) is 3.59. The lowest BCUT2D eigenvalue weighted by atomic mass is 9.99. The molecule has 63 heavy (non-hydrogen) atoms. The van der Waals surface area contributed by atoms with Gasteiger partial charge in [0, 0.05) is 109 Å². The Morgan fingerprint density at radius 2 is 1.43 bits per heavy atom. The molecule has 9 nitrogen and oxygen atoms in total. The Labute approximate surface area is 374 Å². The zero-order valence-electron chi connectivity index (χ0n) is 36.1. The molecule has 330 valence electrons. The topological polar surface area (TPSA) is 93.1 Å². The fourth-order valence-corrected chi connectivity index (χ4v) is 10.7. The molecule has 0 spiro atoms. The van der Waals surface area contributed by atoms with Crippen LogP contribution in [0.1, 0.15) is 30.5 Å². The molecule has 3 N–H and O–H groups in total. The fraction of sp³-hybridized carbons (Fsp3) is 0.320. The van der Waals surface area contributed by atoms with E-state index in [1.54, 1.807) is 36.4 Å². The minimum Gasteiger partial charge on any atom is -0.393 e. The highest BCUT2D eigenvalue weighted by molar-refractivity contribution is 7.99. The Hall–Kier alpha value is -5.34. The van der Waals surface area contributed by atoms with E-state index in [1.165, 1.54) is 23.1 Å². The summed E-state index contributed by atoms with van der Waals surface area (Å²) in [4.78, 5) is 8.35. The molecule has 0 unspecified atom stereocenters. The van der Waals surface area contributed by atoms with Crippen LogP contribution in [0.3, 0.4) is 0 Å². The fourth-order valence-electron chi connectivity index (χ4n) is 8.56. The van der Waals surface area contributed by atoms with E-state index in [1.807, 2.05) is 91.8 Å². The summed E-state index contributed by atoms with van der Waals surface area (Å²) in [7, 11) is -1.91. The van der Waals surface area contributed by atoms with E-state index < -0.39 is 10.0 Å². The minimum atomic E-state index is -3.85. The number of aliphatic hydroxyl groups is 1. The number of anilines is 4. The molecule has 1 aromatic heterocycles. The van der Waals surface area contributed by atoms with Gasteiger partial charge in [-0.25, -0.2) is 17.2 Å². The van der Waals surface area contributed by atoms with Crippen molar-refractivity contribution in [2.24, 2.45) is 7.05 Å². The summed E-state index contributed by atoms with van der Waals surface area (Å²) in [6, 6.07) is 36.8. The maximum absolute atomic E-state index is 15.5. The summed E-state index contributed by atoms with van der Waals surface area (Å²) in [6.45, 7) is 9.55. The number of piperidine rings is 1. The molecule has 3 heterocycles. The van der Waals surface area contributed by atoms with Crippen LogP contribution in [-0.4, -0.2) is 86.7 Å². The van der Waals surface area contributed by atoms with Crippen LogP contribution in [-0.2, 0) is 17.1 Å². The minimum absolute atomic E-state index is 0.159. The number of aromatic nitrogens is 1. The van der Waals surface area contributed by atoms with E-state index in [2.05, 4.69) is 36.9 Å². The predicted octanol–water partition coefficient (Wildman–Crippen LogP) is 9.80. The molecule has 0 bridgehead atoms. The number of halogens is 2. The van der Waals surface area contributed by atoms with Gasteiger partial charge in [-0.2, -0.15) is 0 Å². The van der Waals surface area contributed by atoms with Gasteiger partial charge in [-0.3, -0.25) is 4.72 Å². The van der Waals surface area contributed by atoms with E-state index in [0.29, 0.717) is 11.3 Å². The van der Waals surface area contributed by atoms with Crippen molar-refractivity contribution in [1.82, 2.24) is 9.47 Å². The van der Waals surface area contributed by atoms with Crippen LogP contribution in [0.25, 0.3) is 22.4 Å². The van der Waals surface area contributed by atoms with Crippen LogP contribution >= 0.6 is 11.8 Å². The van der Waals surface area contributed by atoms with Crippen molar-refractivity contribution in [3.05, 3.63) is 144 Å². The number of likely N-dealkylation sites (tertiary alicyclic amines) is 1. The number of benzene rings is 5. The molecule has 0 radical (unpaired) electrons. The van der Waals surface area contributed by atoms with Crippen molar-refractivity contribution in [2.45, 2.75) is 55.0 Å². The lowest BCUT2D eigenvalue weighted by Crippen LogP contribution is -2.46. The van der Waals surface area contributed by atoms with Crippen molar-refractivity contribution >= 4 is 44.5 Å². The first kappa shape index (κ1) is 44.3. The second kappa shape index (κ2) is 19.6. The number of rotatable bonds is 15. The Balaban J connectivity index is 0.882. The van der Waals surface area contributed by atoms with Gasteiger partial charge < -0.3 is 29.7 Å². The monoisotopic (exact) mass is 890 g/mol. The maximum atomic E-state index is 15.5. The van der Waals surface area contributed by atoms with E-state index in [0.717, 1.165) is 116 Å². The second-order valence-corrected chi connectivity index (χ2v) is 19.5. The van der Waals surface area contributed by atoms with Crippen LogP contribution in [0.4, 0.5) is 31.5 Å². The van der Waals surface area contributed by atoms with Gasteiger partial charge in [0.25, 0.3) is 10.0 Å². The number of nitrogens with zero attached hydrogens (tertiary/aromatic N) is 4. The Morgan fingerprint density at radius 1 is 0.762 bits per heavy atom. The zero-order chi connectivity index (χ0) is 44.1. The summed E-state index contributed by atoms with van der Waals surface area (Å²) in [5.74, 6) is 0.228. The molecule has 2 aliphatic rings. The summed E-state index contributed by atoms with van der Waals surface area (Å²) in [5, 5.41) is 13.7. The van der Waals surface area contributed by atoms with Crippen molar-refractivity contribution in [3.63, 3.8) is 0 Å². The lowest BCUT2D eigenvalue weighted by Gasteiger charge is -2.37. The van der Waals surface area contributed by atoms with E-state index >= 15 is 4.39 Å². The number of hydrogen-bond donors (Lipinski definition) is 3. The molecule has 8 rings (SSSR count). The van der Waals surface area contributed by atoms with Gasteiger partial charge in [0.15, 0.2) is 0 Å². The SMILES string of the molecule is Cc1cc(S(=O)(=O)Nc2ccc(N3CCN(c4ccc(F)c(-c5cc(C)n(C)c5-c5ccc(F)cc5)c4)CC3)cc2)ccc1N[C@H](CCN1CCC(O)CC1)CSc1ccccc1. The molecule has 1 atom stereocenters. The van der Waals surface area contributed by atoms with E-state index in [4.69, 9.17) is 0 Å². The van der Waals surface area contributed by atoms with Crippen LogP contribution < -0.4 is 19.8 Å². The first-order valence-electron chi connectivity index (χ1n) is 21.7. The van der Waals surface area contributed by atoms with Crippen molar-refractivity contribution < 1.29 is 22.3 Å². The van der Waals surface area contributed by atoms with Crippen LogP contribution in [0.2, 0.25) is 0 Å². The molecule has 5 aromatic carbocycles. The average molecular weight is 891 g/mol. The standard InChI is InChI=1S/C50H56F2N6O3S2/c1-35-31-45(18-20-49(35)53-40(34-62-44-7-5-4-6-8-44)21-24-56-25-22-43(59)23-26-56)63(60,61)54-39-13-15-41(16-14-39)57-27-29-58(30-28-57)42-17-19-48(52)46(33-42)47-32-36(2)55(3)50(47)37-9-11-38(51)12-10-37/h4-20,31-33,40,43,53-54,59H,21-30,34H2,1-3H3/t40-/m1/s1. The maximum Gasteiger partial charge on any atom is 0.261 e. The first-order chi connectivity index (χ1) is 30.4. The predicted molar refractivity (Wildman–Crippen MR) is 255 cm³/mol. The van der Waals surface area contributed by atoms with Gasteiger partial charge in [-0.05, 0) is 147 Å². The molecular weight excluding hydrogens is 835 g/mol. The van der Waals surface area contributed by atoms with Gasteiger partial charge in [0.05, 0.1) is 16.7 Å². The molecule has 0 aliphatic carbocycles. The molecule has 2 aliphatic heterocycles. The first-order valence-corrected chi connectivity index (χ1v) is 24.2. The Kier molecular flexibility index (Phi) is 13.8. The highest BCUT2D eigenvalue weighted by Crippen LogP contribution is 2.38. The molecule has 2 fully saturated rings. The molecule has 13 heteroatoms. The van der Waals surface area contributed by atoms with Crippen molar-refractivity contribution in [1.29, 1.82) is 0 Å². The van der Waals surface area contributed by atoms with Gasteiger partial charge in [-0.1, -0.05) is 18.2 Å².